The van der Waals surface area contributed by atoms with Crippen molar-refractivity contribution in [2.75, 3.05) is 0 Å². The van der Waals surface area contributed by atoms with Crippen molar-refractivity contribution in [3.05, 3.63) is 149 Å². The second-order valence-corrected chi connectivity index (χ2v) is 15.4. The lowest BCUT2D eigenvalue weighted by Crippen LogP contribution is -2.10. The van der Waals surface area contributed by atoms with E-state index in [1.54, 1.807) is 6.07 Å². The predicted octanol–water partition coefficient (Wildman–Crippen LogP) is 12.6. The van der Waals surface area contributed by atoms with Gasteiger partial charge in [-0.25, -0.2) is 4.85 Å². The quantitative estimate of drug-likeness (QED) is 0.176. The second-order valence-electron chi connectivity index (χ2n) is 15.4. The van der Waals surface area contributed by atoms with Crippen LogP contribution in [-0.4, -0.2) is 9.13 Å². The van der Waals surface area contributed by atoms with E-state index in [-0.39, 0.29) is 10.8 Å². The number of hydrogen-bond donors (Lipinski definition) is 0. The van der Waals surface area contributed by atoms with Crippen LogP contribution in [0.1, 0.15) is 58.2 Å². The van der Waals surface area contributed by atoms with E-state index in [0.29, 0.717) is 11.3 Å². The van der Waals surface area contributed by atoms with E-state index in [4.69, 9.17) is 6.57 Å². The van der Waals surface area contributed by atoms with E-state index >= 15 is 0 Å². The lowest BCUT2D eigenvalue weighted by atomic mass is 9.86. The zero-order valence-electron chi connectivity index (χ0n) is 29.3. The van der Waals surface area contributed by atoms with Crippen molar-refractivity contribution in [3.8, 4) is 28.6 Å². The molecule has 0 aliphatic carbocycles. The van der Waals surface area contributed by atoms with Crippen LogP contribution in [0.25, 0.3) is 71.0 Å². The lowest BCUT2D eigenvalue weighted by Gasteiger charge is -2.19. The van der Waals surface area contributed by atoms with Crippen molar-refractivity contribution in [1.82, 2.24) is 9.13 Å². The number of fused-ring (bicyclic) bond motifs is 6. The van der Waals surface area contributed by atoms with Gasteiger partial charge in [-0.15, -0.1) is 0 Å². The molecule has 2 aromatic heterocycles. The van der Waals surface area contributed by atoms with Gasteiger partial charge in [0.25, 0.3) is 0 Å². The van der Waals surface area contributed by atoms with Gasteiger partial charge in [0.1, 0.15) is 0 Å². The molecule has 0 atom stereocenters. The number of hydrogen-bond acceptors (Lipinski definition) is 1. The van der Waals surface area contributed by atoms with Crippen LogP contribution in [0.5, 0.6) is 0 Å². The molecule has 0 amide bonds. The highest BCUT2D eigenvalue weighted by atomic mass is 15.0. The van der Waals surface area contributed by atoms with Gasteiger partial charge < -0.3 is 9.13 Å². The molecule has 2 heterocycles. The summed E-state index contributed by atoms with van der Waals surface area (Å²) in [6, 6.07) is 45.4. The van der Waals surface area contributed by atoms with Gasteiger partial charge in [-0.2, -0.15) is 5.26 Å². The summed E-state index contributed by atoms with van der Waals surface area (Å²) in [6.45, 7) is 21.2. The van der Waals surface area contributed by atoms with Gasteiger partial charge in [0.15, 0.2) is 5.69 Å². The summed E-state index contributed by atoms with van der Waals surface area (Å²) >= 11 is 0. The molecule has 0 fully saturated rings. The average molecular weight is 647 g/mol. The molecule has 0 aliphatic heterocycles. The van der Waals surface area contributed by atoms with E-state index in [0.717, 1.165) is 44.3 Å². The van der Waals surface area contributed by atoms with Crippen molar-refractivity contribution in [3.63, 3.8) is 0 Å². The predicted molar refractivity (Wildman–Crippen MR) is 209 cm³/mol. The van der Waals surface area contributed by atoms with Crippen molar-refractivity contribution in [1.29, 1.82) is 5.26 Å². The molecule has 8 aromatic rings. The molecule has 0 radical (unpaired) electrons. The van der Waals surface area contributed by atoms with E-state index < -0.39 is 0 Å². The van der Waals surface area contributed by atoms with Crippen LogP contribution in [0.3, 0.4) is 0 Å². The molecule has 0 N–H and O–H groups in total. The summed E-state index contributed by atoms with van der Waals surface area (Å²) in [6.07, 6.45) is 0. The number of nitriles is 1. The molecule has 242 valence electrons. The summed E-state index contributed by atoms with van der Waals surface area (Å²) in [5, 5.41) is 14.6. The van der Waals surface area contributed by atoms with Crippen LogP contribution in [-0.2, 0) is 10.8 Å². The Bertz CT molecular complexity index is 2700. The van der Waals surface area contributed by atoms with Gasteiger partial charge in [0, 0.05) is 38.5 Å². The minimum absolute atomic E-state index is 0.0268. The summed E-state index contributed by atoms with van der Waals surface area (Å²) in [7, 11) is 0. The summed E-state index contributed by atoms with van der Waals surface area (Å²) in [5.74, 6) is 0. The van der Waals surface area contributed by atoms with Crippen molar-refractivity contribution < 1.29 is 0 Å². The third-order valence-corrected chi connectivity index (χ3v) is 10.0. The normalized spacial score (nSPS) is 12.2. The van der Waals surface area contributed by atoms with Gasteiger partial charge >= 0.3 is 0 Å². The molecule has 0 unspecified atom stereocenters. The minimum atomic E-state index is -0.0268. The molecule has 0 spiro atoms. The Hall–Kier alpha value is -6.10. The smallest absolute Gasteiger partial charge is 0.190 e. The molecular weight excluding hydrogens is 609 g/mol. The highest BCUT2D eigenvalue weighted by Gasteiger charge is 2.21. The fourth-order valence-electron chi connectivity index (χ4n) is 7.32. The SMILES string of the molecule is [C-]#[N+]c1cc(C#N)cc(-n2c3ccc(-c4ccc5c6cc(C(C)(C)C)ccc6n(-c6ccccc6)c5c4)cc3c3cc(C(C)(C)C)ccc32)c1. The van der Waals surface area contributed by atoms with Gasteiger partial charge in [-0.05, 0) is 106 Å². The van der Waals surface area contributed by atoms with Gasteiger partial charge in [0.2, 0.25) is 0 Å². The summed E-state index contributed by atoms with van der Waals surface area (Å²) < 4.78 is 4.58. The molecule has 0 saturated carbocycles. The number of nitrogens with zero attached hydrogens (tertiary/aromatic N) is 4. The van der Waals surface area contributed by atoms with Crippen LogP contribution < -0.4 is 0 Å². The van der Waals surface area contributed by atoms with Crippen LogP contribution >= 0.6 is 0 Å². The first kappa shape index (κ1) is 31.2. The highest BCUT2D eigenvalue weighted by molar-refractivity contribution is 6.12. The van der Waals surface area contributed by atoms with E-state index in [1.165, 1.54) is 32.9 Å². The van der Waals surface area contributed by atoms with Gasteiger partial charge in [-0.3, -0.25) is 0 Å². The topological polar surface area (TPSA) is 38.0 Å². The number of benzene rings is 6. The Labute approximate surface area is 293 Å². The van der Waals surface area contributed by atoms with E-state index in [9.17, 15) is 5.26 Å². The fourth-order valence-corrected chi connectivity index (χ4v) is 7.32. The second kappa shape index (κ2) is 11.2. The van der Waals surface area contributed by atoms with Crippen LogP contribution in [0.15, 0.2) is 121 Å². The Morgan fingerprint density at radius 1 is 0.520 bits per heavy atom. The maximum Gasteiger partial charge on any atom is 0.190 e. The third-order valence-electron chi connectivity index (χ3n) is 10.0. The summed E-state index contributed by atoms with van der Waals surface area (Å²) in [4.78, 5) is 3.68. The molecular formula is C46H38N4. The Morgan fingerprint density at radius 2 is 1.06 bits per heavy atom. The molecule has 50 heavy (non-hydrogen) atoms. The third kappa shape index (κ3) is 5.04. The molecule has 6 aromatic carbocycles. The average Bonchev–Trinajstić information content (AvgIpc) is 3.62. The minimum Gasteiger partial charge on any atom is -0.310 e. The number of aromatic nitrogens is 2. The maximum absolute atomic E-state index is 9.79. The Kier molecular flexibility index (Phi) is 7.00. The Morgan fingerprint density at radius 3 is 1.66 bits per heavy atom. The molecule has 0 aliphatic rings. The zero-order valence-corrected chi connectivity index (χ0v) is 29.3. The number of para-hydroxylation sites is 1. The van der Waals surface area contributed by atoms with Gasteiger partial charge in [-0.1, -0.05) is 90.1 Å². The molecule has 8 rings (SSSR count). The lowest BCUT2D eigenvalue weighted by molar-refractivity contribution is 0.591. The van der Waals surface area contributed by atoms with Crippen molar-refractivity contribution in [2.45, 2.75) is 52.4 Å². The fraction of sp³-hybridized carbons (Fsp3) is 0.174. The van der Waals surface area contributed by atoms with Gasteiger partial charge in [0.05, 0.1) is 34.7 Å². The van der Waals surface area contributed by atoms with Crippen LogP contribution in [0.2, 0.25) is 0 Å². The number of rotatable bonds is 3. The van der Waals surface area contributed by atoms with Crippen molar-refractivity contribution >= 4 is 49.3 Å². The summed E-state index contributed by atoms with van der Waals surface area (Å²) in [5.41, 5.74) is 12.2. The Balaban J connectivity index is 1.39. The maximum atomic E-state index is 9.79. The van der Waals surface area contributed by atoms with Crippen LogP contribution in [0.4, 0.5) is 5.69 Å². The largest absolute Gasteiger partial charge is 0.310 e. The zero-order chi connectivity index (χ0) is 34.9. The molecule has 0 bridgehead atoms. The monoisotopic (exact) mass is 646 g/mol. The molecule has 4 heteroatoms. The van der Waals surface area contributed by atoms with Crippen molar-refractivity contribution in [2.24, 2.45) is 0 Å². The first-order valence-corrected chi connectivity index (χ1v) is 17.1. The highest BCUT2D eigenvalue weighted by Crippen LogP contribution is 2.40. The van der Waals surface area contributed by atoms with E-state index in [1.807, 2.05) is 12.1 Å². The van der Waals surface area contributed by atoms with Crippen LogP contribution in [0, 0.1) is 17.9 Å². The molecule has 0 saturated heterocycles. The first-order valence-electron chi connectivity index (χ1n) is 17.1. The molecule has 4 nitrogen and oxygen atoms in total. The van der Waals surface area contributed by atoms with E-state index in [2.05, 4.69) is 165 Å². The standard InChI is InChI=1S/C46H38N4/c1-45(2,3)32-15-19-42-39(25-32)37-17-13-31(24-44(37)49(42)35-11-9-8-10-12-35)30-14-18-41-38(23-30)40-26-33(46(4,5)6)16-20-43(40)50(41)36-22-29(28-47)21-34(27-36)48-7/h8-27H,1-6H3. The first-order chi connectivity index (χ1) is 23.9.